The van der Waals surface area contributed by atoms with Gasteiger partial charge in [0.15, 0.2) is 0 Å². The first kappa shape index (κ1) is 15.8. The van der Waals surface area contributed by atoms with E-state index < -0.39 is 0 Å². The second-order valence-electron chi connectivity index (χ2n) is 5.90. The predicted octanol–water partition coefficient (Wildman–Crippen LogP) is 2.21. The third-order valence-electron chi connectivity index (χ3n) is 4.25. The molecule has 1 saturated heterocycles. The molecular formula is C16H20ClN5O. The Balaban J connectivity index is 1.70. The minimum atomic E-state index is 0.00835. The minimum absolute atomic E-state index is 0.00835. The van der Waals surface area contributed by atoms with Gasteiger partial charge in [0, 0.05) is 45.6 Å². The Hall–Kier alpha value is -2.08. The van der Waals surface area contributed by atoms with Crippen molar-refractivity contribution in [2.75, 3.05) is 25.0 Å². The fraction of sp³-hybridized carbons (Fsp3) is 0.438. The van der Waals surface area contributed by atoms with Crippen LogP contribution in [0.4, 0.5) is 5.82 Å². The molecule has 0 aliphatic carbocycles. The maximum absolute atomic E-state index is 12.6. The third kappa shape index (κ3) is 3.47. The van der Waals surface area contributed by atoms with Crippen molar-refractivity contribution in [1.29, 1.82) is 0 Å². The SMILES string of the molecule is CN(C(=O)c1cnn(C)c1)C1CCCN(c2ccc(Cl)cn2)C1. The van der Waals surface area contributed by atoms with Crippen molar-refractivity contribution in [2.24, 2.45) is 7.05 Å². The van der Waals surface area contributed by atoms with E-state index in [0.29, 0.717) is 10.6 Å². The summed E-state index contributed by atoms with van der Waals surface area (Å²) in [6.45, 7) is 1.72. The number of halogens is 1. The zero-order valence-electron chi connectivity index (χ0n) is 13.3. The minimum Gasteiger partial charge on any atom is -0.355 e. The van der Waals surface area contributed by atoms with E-state index in [2.05, 4.69) is 15.0 Å². The van der Waals surface area contributed by atoms with Crippen molar-refractivity contribution in [3.63, 3.8) is 0 Å². The van der Waals surface area contributed by atoms with Crippen molar-refractivity contribution in [1.82, 2.24) is 19.7 Å². The van der Waals surface area contributed by atoms with Crippen LogP contribution in [0.3, 0.4) is 0 Å². The lowest BCUT2D eigenvalue weighted by molar-refractivity contribution is 0.0717. The summed E-state index contributed by atoms with van der Waals surface area (Å²) < 4.78 is 1.64. The van der Waals surface area contributed by atoms with E-state index in [1.54, 1.807) is 23.3 Å². The average Bonchev–Trinajstić information content (AvgIpc) is 3.01. The summed E-state index contributed by atoms with van der Waals surface area (Å²) in [7, 11) is 3.67. The van der Waals surface area contributed by atoms with E-state index in [0.717, 1.165) is 31.7 Å². The number of carbonyl (C=O) groups excluding carboxylic acids is 1. The van der Waals surface area contributed by atoms with Gasteiger partial charge in [-0.3, -0.25) is 9.48 Å². The van der Waals surface area contributed by atoms with Crippen molar-refractivity contribution >= 4 is 23.3 Å². The number of pyridine rings is 1. The van der Waals surface area contributed by atoms with Crippen LogP contribution in [0, 0.1) is 0 Å². The molecule has 1 atom stereocenters. The van der Waals surface area contributed by atoms with Crippen LogP contribution in [0.5, 0.6) is 0 Å². The van der Waals surface area contributed by atoms with E-state index in [1.807, 2.05) is 31.1 Å². The van der Waals surface area contributed by atoms with Gasteiger partial charge in [-0.2, -0.15) is 5.10 Å². The van der Waals surface area contributed by atoms with Gasteiger partial charge in [-0.15, -0.1) is 0 Å². The molecule has 7 heteroatoms. The highest BCUT2D eigenvalue weighted by Crippen LogP contribution is 2.22. The van der Waals surface area contributed by atoms with E-state index >= 15 is 0 Å². The Morgan fingerprint density at radius 1 is 1.39 bits per heavy atom. The molecule has 122 valence electrons. The first-order chi connectivity index (χ1) is 11.0. The highest BCUT2D eigenvalue weighted by molar-refractivity contribution is 6.30. The molecule has 1 aliphatic rings. The summed E-state index contributed by atoms with van der Waals surface area (Å²) in [6.07, 6.45) is 7.04. The molecule has 1 fully saturated rings. The highest BCUT2D eigenvalue weighted by atomic mass is 35.5. The molecule has 2 aromatic heterocycles. The number of carbonyl (C=O) groups is 1. The molecule has 3 rings (SSSR count). The quantitative estimate of drug-likeness (QED) is 0.864. The second-order valence-corrected chi connectivity index (χ2v) is 6.33. The molecule has 6 nitrogen and oxygen atoms in total. The van der Waals surface area contributed by atoms with Gasteiger partial charge in [-0.25, -0.2) is 4.98 Å². The molecule has 0 N–H and O–H groups in total. The topological polar surface area (TPSA) is 54.3 Å². The fourth-order valence-corrected chi connectivity index (χ4v) is 3.05. The summed E-state index contributed by atoms with van der Waals surface area (Å²) >= 11 is 5.90. The molecule has 0 spiro atoms. The normalized spacial score (nSPS) is 18.0. The number of anilines is 1. The summed E-state index contributed by atoms with van der Waals surface area (Å²) in [6, 6.07) is 3.93. The summed E-state index contributed by atoms with van der Waals surface area (Å²) in [4.78, 5) is 21.0. The molecule has 1 unspecified atom stereocenters. The molecule has 1 aliphatic heterocycles. The van der Waals surface area contributed by atoms with Crippen LogP contribution in [-0.2, 0) is 7.05 Å². The number of likely N-dealkylation sites (N-methyl/N-ethyl adjacent to an activating group) is 1. The summed E-state index contributed by atoms with van der Waals surface area (Å²) in [5.74, 6) is 0.912. The van der Waals surface area contributed by atoms with Gasteiger partial charge in [-0.05, 0) is 25.0 Å². The van der Waals surface area contributed by atoms with Crippen LogP contribution in [-0.4, -0.2) is 51.8 Å². The fourth-order valence-electron chi connectivity index (χ4n) is 2.94. The Kier molecular flexibility index (Phi) is 4.52. The van der Waals surface area contributed by atoms with Crippen molar-refractivity contribution in [3.05, 3.63) is 41.3 Å². The molecule has 0 radical (unpaired) electrons. The van der Waals surface area contributed by atoms with Crippen molar-refractivity contribution in [3.8, 4) is 0 Å². The predicted molar refractivity (Wildman–Crippen MR) is 89.8 cm³/mol. The van der Waals surface area contributed by atoms with E-state index in [1.165, 1.54) is 0 Å². The maximum Gasteiger partial charge on any atom is 0.257 e. The molecule has 0 bridgehead atoms. The van der Waals surface area contributed by atoms with E-state index in [4.69, 9.17) is 11.6 Å². The Morgan fingerprint density at radius 3 is 2.87 bits per heavy atom. The van der Waals surface area contributed by atoms with Gasteiger partial charge in [0.25, 0.3) is 5.91 Å². The molecule has 23 heavy (non-hydrogen) atoms. The molecule has 1 amide bonds. The number of rotatable bonds is 3. The third-order valence-corrected chi connectivity index (χ3v) is 4.48. The second kappa shape index (κ2) is 6.58. The molecular weight excluding hydrogens is 314 g/mol. The highest BCUT2D eigenvalue weighted by Gasteiger charge is 2.27. The molecule has 0 aromatic carbocycles. The standard InChI is InChI=1S/C16H20ClN5O/c1-20-10-12(8-19-20)16(23)21(2)14-4-3-7-22(11-14)15-6-5-13(17)9-18-15/h5-6,8-10,14H,3-4,7,11H2,1-2H3. The Bertz CT molecular complexity index is 684. The zero-order chi connectivity index (χ0) is 16.4. The van der Waals surface area contributed by atoms with Crippen LogP contribution in [0.15, 0.2) is 30.7 Å². The molecule has 0 saturated carbocycles. The lowest BCUT2D eigenvalue weighted by atomic mass is 10.0. The summed E-state index contributed by atoms with van der Waals surface area (Å²) in [5, 5.41) is 4.70. The number of amides is 1. The Morgan fingerprint density at radius 2 is 2.22 bits per heavy atom. The number of piperidine rings is 1. The zero-order valence-corrected chi connectivity index (χ0v) is 14.1. The van der Waals surface area contributed by atoms with Gasteiger partial charge in [0.05, 0.1) is 16.8 Å². The largest absolute Gasteiger partial charge is 0.355 e. The number of hydrogen-bond acceptors (Lipinski definition) is 4. The first-order valence-electron chi connectivity index (χ1n) is 7.67. The van der Waals surface area contributed by atoms with E-state index in [9.17, 15) is 4.79 Å². The van der Waals surface area contributed by atoms with Gasteiger partial charge < -0.3 is 9.80 Å². The van der Waals surface area contributed by atoms with Crippen LogP contribution in [0.2, 0.25) is 5.02 Å². The molecule has 2 aromatic rings. The van der Waals surface area contributed by atoms with Crippen LogP contribution >= 0.6 is 11.6 Å². The number of aryl methyl sites for hydroxylation is 1. The van der Waals surface area contributed by atoms with Crippen molar-refractivity contribution < 1.29 is 4.79 Å². The van der Waals surface area contributed by atoms with Gasteiger partial charge in [0.1, 0.15) is 5.82 Å². The smallest absolute Gasteiger partial charge is 0.257 e. The van der Waals surface area contributed by atoms with Crippen LogP contribution < -0.4 is 4.90 Å². The number of aromatic nitrogens is 3. The molecule has 3 heterocycles. The average molecular weight is 334 g/mol. The number of nitrogens with zero attached hydrogens (tertiary/aromatic N) is 5. The van der Waals surface area contributed by atoms with Gasteiger partial charge in [-0.1, -0.05) is 11.6 Å². The lowest BCUT2D eigenvalue weighted by Crippen LogP contribution is -2.48. The Labute approximate surface area is 140 Å². The number of hydrogen-bond donors (Lipinski definition) is 0. The van der Waals surface area contributed by atoms with Crippen LogP contribution in [0.1, 0.15) is 23.2 Å². The van der Waals surface area contributed by atoms with Gasteiger partial charge in [0.2, 0.25) is 0 Å². The maximum atomic E-state index is 12.6. The van der Waals surface area contributed by atoms with Gasteiger partial charge >= 0.3 is 0 Å². The first-order valence-corrected chi connectivity index (χ1v) is 8.04. The summed E-state index contributed by atoms with van der Waals surface area (Å²) in [5.41, 5.74) is 0.622. The lowest BCUT2D eigenvalue weighted by Gasteiger charge is -2.38. The monoisotopic (exact) mass is 333 g/mol. The van der Waals surface area contributed by atoms with Crippen LogP contribution in [0.25, 0.3) is 0 Å². The van der Waals surface area contributed by atoms with Crippen molar-refractivity contribution in [2.45, 2.75) is 18.9 Å². The van der Waals surface area contributed by atoms with E-state index in [-0.39, 0.29) is 11.9 Å².